The van der Waals surface area contributed by atoms with Gasteiger partial charge in [0.25, 0.3) is 0 Å². The van der Waals surface area contributed by atoms with Crippen molar-refractivity contribution in [2.24, 2.45) is 5.92 Å². The molecule has 0 spiro atoms. The fourth-order valence-corrected chi connectivity index (χ4v) is 3.25. The Morgan fingerprint density at radius 2 is 2.05 bits per heavy atom. The molecule has 0 saturated heterocycles. The van der Waals surface area contributed by atoms with Crippen molar-refractivity contribution < 1.29 is 4.79 Å². The number of nitrogens with one attached hydrogen (secondary N) is 1. The van der Waals surface area contributed by atoms with Crippen molar-refractivity contribution in [2.75, 3.05) is 5.32 Å². The first kappa shape index (κ1) is 13.3. The average molecular weight is 302 g/mol. The number of amides is 1. The van der Waals surface area contributed by atoms with Gasteiger partial charge in [-0.05, 0) is 19.3 Å². The Hall–Kier alpha value is -0.740. The van der Waals surface area contributed by atoms with Gasteiger partial charge in [-0.15, -0.1) is 23.2 Å². The van der Waals surface area contributed by atoms with Crippen LogP contribution in [0.4, 0.5) is 5.82 Å². The van der Waals surface area contributed by atoms with Gasteiger partial charge in [-0.2, -0.15) is 5.10 Å². The molecule has 104 valence electrons. The summed E-state index contributed by atoms with van der Waals surface area (Å²) in [5, 5.41) is 7.24. The van der Waals surface area contributed by atoms with E-state index in [0.29, 0.717) is 12.5 Å². The number of rotatable bonds is 3. The second kappa shape index (κ2) is 4.98. The first-order valence-electron chi connectivity index (χ1n) is 6.80. The van der Waals surface area contributed by atoms with Crippen LogP contribution >= 0.6 is 23.2 Å². The molecule has 6 heteroatoms. The first-order chi connectivity index (χ1) is 9.08. The van der Waals surface area contributed by atoms with Gasteiger partial charge in [0, 0.05) is 6.07 Å². The van der Waals surface area contributed by atoms with Crippen molar-refractivity contribution in [2.45, 2.75) is 48.9 Å². The lowest BCUT2D eigenvalue weighted by atomic mass is 9.96. The fourth-order valence-electron chi connectivity index (χ4n) is 2.74. The van der Waals surface area contributed by atoms with Crippen molar-refractivity contribution in [3.8, 4) is 0 Å². The van der Waals surface area contributed by atoms with Crippen LogP contribution in [0.15, 0.2) is 12.3 Å². The number of carbonyl (C=O) groups excluding carboxylic acids is 1. The van der Waals surface area contributed by atoms with Gasteiger partial charge in [-0.1, -0.05) is 19.3 Å². The number of alkyl halides is 2. The topological polar surface area (TPSA) is 46.9 Å². The quantitative estimate of drug-likeness (QED) is 0.868. The molecule has 1 aromatic heterocycles. The molecule has 3 rings (SSSR count). The van der Waals surface area contributed by atoms with Crippen LogP contribution < -0.4 is 5.32 Å². The van der Waals surface area contributed by atoms with E-state index in [9.17, 15) is 4.79 Å². The molecule has 0 bridgehead atoms. The summed E-state index contributed by atoms with van der Waals surface area (Å²) in [6.07, 6.45) is 8.26. The Kier molecular flexibility index (Phi) is 3.48. The summed E-state index contributed by atoms with van der Waals surface area (Å²) in [4.78, 5) is 12.0. The Balaban J connectivity index is 1.68. The van der Waals surface area contributed by atoms with Gasteiger partial charge in [0.1, 0.15) is 10.2 Å². The molecule has 2 saturated carbocycles. The van der Waals surface area contributed by atoms with Crippen LogP contribution in [0.2, 0.25) is 0 Å². The Morgan fingerprint density at radius 1 is 1.37 bits per heavy atom. The summed E-state index contributed by atoms with van der Waals surface area (Å²) in [5.74, 6) is 0.348. The Bertz CT molecular complexity index is 480. The van der Waals surface area contributed by atoms with Gasteiger partial charge in [0.05, 0.1) is 18.2 Å². The van der Waals surface area contributed by atoms with E-state index >= 15 is 0 Å². The summed E-state index contributed by atoms with van der Waals surface area (Å²) in [6.45, 7) is 0. The molecule has 1 N–H and O–H groups in total. The third-order valence-electron chi connectivity index (χ3n) is 3.98. The molecule has 2 fully saturated rings. The highest BCUT2D eigenvalue weighted by Crippen LogP contribution is 2.53. The van der Waals surface area contributed by atoms with Crippen molar-refractivity contribution in [3.63, 3.8) is 0 Å². The van der Waals surface area contributed by atoms with Crippen LogP contribution in [0.5, 0.6) is 0 Å². The molecule has 1 atom stereocenters. The Labute approximate surface area is 122 Å². The van der Waals surface area contributed by atoms with Crippen molar-refractivity contribution in [1.29, 1.82) is 0 Å². The van der Waals surface area contributed by atoms with E-state index in [1.807, 2.05) is 10.7 Å². The van der Waals surface area contributed by atoms with Crippen molar-refractivity contribution in [1.82, 2.24) is 9.78 Å². The molecule has 0 radical (unpaired) electrons. The standard InChI is InChI=1S/C13H17Cl2N3O/c14-13(15)8-10(13)12(19)17-11-6-7-16-18(11)9-4-2-1-3-5-9/h6-7,9-10H,1-5,8H2,(H,17,19). The van der Waals surface area contributed by atoms with E-state index in [-0.39, 0.29) is 11.8 Å². The zero-order valence-electron chi connectivity index (χ0n) is 10.6. The molecule has 4 nitrogen and oxygen atoms in total. The minimum absolute atomic E-state index is 0.109. The highest BCUT2D eigenvalue weighted by atomic mass is 35.5. The predicted molar refractivity (Wildman–Crippen MR) is 75.5 cm³/mol. The van der Waals surface area contributed by atoms with Crippen LogP contribution in [0, 0.1) is 5.92 Å². The number of aromatic nitrogens is 2. The molecule has 1 heterocycles. The Morgan fingerprint density at radius 3 is 2.68 bits per heavy atom. The van der Waals surface area contributed by atoms with Gasteiger partial charge >= 0.3 is 0 Å². The zero-order valence-corrected chi connectivity index (χ0v) is 12.1. The lowest BCUT2D eigenvalue weighted by molar-refractivity contribution is -0.117. The molecule has 0 aliphatic heterocycles. The maximum Gasteiger partial charge on any atom is 0.231 e. The van der Waals surface area contributed by atoms with Gasteiger partial charge in [-0.3, -0.25) is 4.79 Å². The number of nitrogens with zero attached hydrogens (tertiary/aromatic N) is 2. The molecule has 19 heavy (non-hydrogen) atoms. The van der Waals surface area contributed by atoms with Gasteiger partial charge in [0.2, 0.25) is 5.91 Å². The molecule has 1 unspecified atom stereocenters. The van der Waals surface area contributed by atoms with E-state index in [2.05, 4.69) is 10.4 Å². The molecule has 1 amide bonds. The molecule has 2 aliphatic rings. The molecule has 2 aliphatic carbocycles. The van der Waals surface area contributed by atoms with Crippen LogP contribution in [0.1, 0.15) is 44.6 Å². The minimum Gasteiger partial charge on any atom is -0.311 e. The number of halogens is 2. The summed E-state index contributed by atoms with van der Waals surface area (Å²) < 4.78 is 1.06. The maximum atomic E-state index is 12.0. The normalized spacial score (nSPS) is 26.1. The van der Waals surface area contributed by atoms with Gasteiger partial charge in [0.15, 0.2) is 0 Å². The fraction of sp³-hybridized carbons (Fsp3) is 0.692. The van der Waals surface area contributed by atoms with Crippen LogP contribution in [-0.2, 0) is 4.79 Å². The summed E-state index contributed by atoms with van der Waals surface area (Å²) in [5.41, 5.74) is 0. The SMILES string of the molecule is O=C(Nc1ccnn1C1CCCCC1)C1CC1(Cl)Cl. The number of anilines is 1. The second-order valence-electron chi connectivity index (χ2n) is 5.46. The van der Waals surface area contributed by atoms with Crippen molar-refractivity contribution in [3.05, 3.63) is 12.3 Å². The number of carbonyl (C=O) groups is 1. The zero-order chi connectivity index (χ0) is 13.5. The van der Waals surface area contributed by atoms with E-state index in [1.54, 1.807) is 6.20 Å². The molecular weight excluding hydrogens is 285 g/mol. The maximum absolute atomic E-state index is 12.0. The van der Waals surface area contributed by atoms with E-state index < -0.39 is 4.33 Å². The number of hydrogen-bond acceptors (Lipinski definition) is 2. The minimum atomic E-state index is -0.875. The molecular formula is C13H17Cl2N3O. The molecule has 1 aromatic rings. The third-order valence-corrected chi connectivity index (χ3v) is 4.82. The highest BCUT2D eigenvalue weighted by Gasteiger charge is 2.56. The second-order valence-corrected chi connectivity index (χ2v) is 7.00. The summed E-state index contributed by atoms with van der Waals surface area (Å²) >= 11 is 11.8. The molecule has 0 aromatic carbocycles. The van der Waals surface area contributed by atoms with Crippen LogP contribution in [-0.4, -0.2) is 20.0 Å². The van der Waals surface area contributed by atoms with E-state index in [0.717, 1.165) is 18.7 Å². The smallest absolute Gasteiger partial charge is 0.231 e. The van der Waals surface area contributed by atoms with Crippen LogP contribution in [0.3, 0.4) is 0 Å². The highest BCUT2D eigenvalue weighted by molar-refractivity contribution is 6.52. The van der Waals surface area contributed by atoms with Crippen LogP contribution in [0.25, 0.3) is 0 Å². The summed E-state index contributed by atoms with van der Waals surface area (Å²) in [6, 6.07) is 2.23. The first-order valence-corrected chi connectivity index (χ1v) is 7.56. The van der Waals surface area contributed by atoms with E-state index in [4.69, 9.17) is 23.2 Å². The number of hydrogen-bond donors (Lipinski definition) is 1. The lowest BCUT2D eigenvalue weighted by Gasteiger charge is -2.23. The lowest BCUT2D eigenvalue weighted by Crippen LogP contribution is -2.22. The van der Waals surface area contributed by atoms with Gasteiger partial charge in [-0.25, -0.2) is 4.68 Å². The largest absolute Gasteiger partial charge is 0.311 e. The average Bonchev–Trinajstić information content (AvgIpc) is 2.84. The van der Waals surface area contributed by atoms with E-state index in [1.165, 1.54) is 19.3 Å². The predicted octanol–water partition coefficient (Wildman–Crippen LogP) is 3.52. The third kappa shape index (κ3) is 2.75. The van der Waals surface area contributed by atoms with Gasteiger partial charge < -0.3 is 5.32 Å². The summed E-state index contributed by atoms with van der Waals surface area (Å²) in [7, 11) is 0. The van der Waals surface area contributed by atoms with Crippen molar-refractivity contribution >= 4 is 34.9 Å². The monoisotopic (exact) mass is 301 g/mol.